The average Bonchev–Trinajstić information content (AvgIpc) is 2.99. The van der Waals surface area contributed by atoms with Crippen LogP contribution < -0.4 is 10.5 Å². The Kier molecular flexibility index (Phi) is 4.75. The maximum absolute atomic E-state index is 11.1. The van der Waals surface area contributed by atoms with Gasteiger partial charge in [-0.05, 0) is 17.7 Å². The Bertz CT molecular complexity index is 909. The maximum atomic E-state index is 11.1. The van der Waals surface area contributed by atoms with Crippen molar-refractivity contribution in [1.82, 2.24) is 19.5 Å². The smallest absolute Gasteiger partial charge is 0.335 e. The number of hydrogen-bond donors (Lipinski definition) is 2. The van der Waals surface area contributed by atoms with E-state index in [4.69, 9.17) is 20.3 Å². The molecule has 0 fully saturated rings. The Morgan fingerprint density at radius 1 is 1.32 bits per heavy atom. The number of aromatic nitrogens is 4. The van der Waals surface area contributed by atoms with Crippen LogP contribution in [-0.2, 0) is 11.3 Å². The molecule has 0 amide bonds. The maximum Gasteiger partial charge on any atom is 0.335 e. The highest BCUT2D eigenvalue weighted by atomic mass is 16.5. The predicted octanol–water partition coefficient (Wildman–Crippen LogP) is 1.18. The molecule has 0 saturated heterocycles. The van der Waals surface area contributed by atoms with Gasteiger partial charge in [0.15, 0.2) is 17.0 Å². The molecule has 2 aromatic heterocycles. The first-order valence-electron chi connectivity index (χ1n) is 7.51. The molecule has 0 radical (unpaired) electrons. The zero-order chi connectivity index (χ0) is 17.8. The van der Waals surface area contributed by atoms with Crippen molar-refractivity contribution in [3.05, 3.63) is 41.7 Å². The number of imidazole rings is 1. The molecule has 3 aromatic rings. The van der Waals surface area contributed by atoms with Crippen molar-refractivity contribution in [2.45, 2.75) is 6.54 Å². The molecule has 0 spiro atoms. The summed E-state index contributed by atoms with van der Waals surface area (Å²) in [5, 5.41) is 9.10. The normalized spacial score (nSPS) is 10.9. The lowest BCUT2D eigenvalue weighted by atomic mass is 10.1. The minimum absolute atomic E-state index is 0.142. The molecule has 0 atom stereocenters. The first-order chi connectivity index (χ1) is 12.1. The molecule has 25 heavy (non-hydrogen) atoms. The van der Waals surface area contributed by atoms with Crippen LogP contribution in [0.2, 0.25) is 0 Å². The summed E-state index contributed by atoms with van der Waals surface area (Å²) in [6.45, 7) is 1.10. The van der Waals surface area contributed by atoms with Crippen LogP contribution in [0.15, 0.2) is 30.6 Å². The Morgan fingerprint density at radius 3 is 2.92 bits per heavy atom. The van der Waals surface area contributed by atoms with E-state index in [-0.39, 0.29) is 17.4 Å². The van der Waals surface area contributed by atoms with Crippen LogP contribution in [-0.4, -0.2) is 50.9 Å². The van der Waals surface area contributed by atoms with E-state index in [2.05, 4.69) is 15.0 Å². The van der Waals surface area contributed by atoms with Crippen LogP contribution in [0.25, 0.3) is 11.2 Å². The Labute approximate surface area is 143 Å². The summed E-state index contributed by atoms with van der Waals surface area (Å²) in [4.78, 5) is 23.7. The minimum Gasteiger partial charge on any atom is -0.478 e. The first kappa shape index (κ1) is 16.7. The number of nitrogen functional groups attached to an aromatic ring is 1. The third-order valence-electron chi connectivity index (χ3n) is 3.52. The van der Waals surface area contributed by atoms with Gasteiger partial charge < -0.3 is 24.9 Å². The molecule has 3 rings (SSSR count). The standard InChI is InChI=1S/C16H17N5O4/c1-24-5-6-25-16-19-13(17)12-14(20-16)21(9-18-12)8-10-3-2-4-11(7-10)15(22)23/h2-4,7,9H,5-6,8H2,1H3,(H,22,23)(H2,17,19,20). The average molecular weight is 343 g/mol. The lowest BCUT2D eigenvalue weighted by Crippen LogP contribution is -2.09. The molecule has 1 aromatic carbocycles. The highest BCUT2D eigenvalue weighted by Crippen LogP contribution is 2.20. The Balaban J connectivity index is 1.91. The number of rotatable bonds is 7. The number of nitrogens with zero attached hydrogens (tertiary/aromatic N) is 4. The summed E-state index contributed by atoms with van der Waals surface area (Å²) in [6.07, 6.45) is 1.59. The van der Waals surface area contributed by atoms with E-state index in [1.54, 1.807) is 36.2 Å². The number of fused-ring (bicyclic) bond motifs is 1. The SMILES string of the molecule is COCCOc1nc(N)c2ncn(Cc3cccc(C(=O)O)c3)c2n1. The van der Waals surface area contributed by atoms with Crippen LogP contribution >= 0.6 is 0 Å². The summed E-state index contributed by atoms with van der Waals surface area (Å²) in [5.74, 6) is -0.756. The van der Waals surface area contributed by atoms with E-state index in [1.807, 2.05) is 6.07 Å². The molecule has 0 aliphatic rings. The quantitative estimate of drug-likeness (QED) is 0.613. The van der Waals surface area contributed by atoms with Crippen molar-refractivity contribution in [3.8, 4) is 6.01 Å². The summed E-state index contributed by atoms with van der Waals surface area (Å²) < 4.78 is 12.1. The van der Waals surface area contributed by atoms with Crippen molar-refractivity contribution in [2.75, 3.05) is 26.1 Å². The van der Waals surface area contributed by atoms with E-state index >= 15 is 0 Å². The lowest BCUT2D eigenvalue weighted by Gasteiger charge is -2.07. The monoisotopic (exact) mass is 343 g/mol. The van der Waals surface area contributed by atoms with Crippen molar-refractivity contribution < 1.29 is 19.4 Å². The number of carboxylic acid groups (broad SMARTS) is 1. The number of aromatic carboxylic acids is 1. The van der Waals surface area contributed by atoms with Gasteiger partial charge in [0.1, 0.15) is 6.61 Å². The Morgan fingerprint density at radius 2 is 2.16 bits per heavy atom. The molecule has 130 valence electrons. The molecule has 0 aliphatic heterocycles. The van der Waals surface area contributed by atoms with E-state index in [9.17, 15) is 4.79 Å². The van der Waals surface area contributed by atoms with E-state index < -0.39 is 5.97 Å². The van der Waals surface area contributed by atoms with Gasteiger partial charge in [-0.15, -0.1) is 0 Å². The topological polar surface area (TPSA) is 125 Å². The number of nitrogens with two attached hydrogens (primary N) is 1. The fourth-order valence-electron chi connectivity index (χ4n) is 2.34. The molecule has 0 aliphatic carbocycles. The zero-order valence-electron chi connectivity index (χ0n) is 13.5. The van der Waals surface area contributed by atoms with Gasteiger partial charge >= 0.3 is 12.0 Å². The van der Waals surface area contributed by atoms with Crippen LogP contribution in [0, 0.1) is 0 Å². The van der Waals surface area contributed by atoms with E-state index in [0.29, 0.717) is 30.9 Å². The van der Waals surface area contributed by atoms with Crippen molar-refractivity contribution in [1.29, 1.82) is 0 Å². The van der Waals surface area contributed by atoms with Gasteiger partial charge in [0, 0.05) is 7.11 Å². The van der Waals surface area contributed by atoms with Crippen molar-refractivity contribution >= 4 is 23.0 Å². The zero-order valence-corrected chi connectivity index (χ0v) is 13.5. The van der Waals surface area contributed by atoms with Gasteiger partial charge in [-0.25, -0.2) is 9.78 Å². The summed E-state index contributed by atoms with van der Waals surface area (Å²) in [6, 6.07) is 6.82. The lowest BCUT2D eigenvalue weighted by molar-refractivity contribution is 0.0696. The van der Waals surface area contributed by atoms with Gasteiger partial charge in [0.05, 0.1) is 25.0 Å². The van der Waals surface area contributed by atoms with Crippen LogP contribution in [0.5, 0.6) is 6.01 Å². The number of hydrogen-bond acceptors (Lipinski definition) is 7. The van der Waals surface area contributed by atoms with E-state index in [1.165, 1.54) is 0 Å². The van der Waals surface area contributed by atoms with Gasteiger partial charge in [-0.2, -0.15) is 9.97 Å². The second kappa shape index (κ2) is 7.14. The molecule has 9 heteroatoms. The minimum atomic E-state index is -0.974. The molecule has 3 N–H and O–H groups in total. The fourth-order valence-corrected chi connectivity index (χ4v) is 2.34. The summed E-state index contributed by atoms with van der Waals surface area (Å²) >= 11 is 0. The second-order valence-electron chi connectivity index (χ2n) is 5.28. The van der Waals surface area contributed by atoms with Gasteiger partial charge in [-0.3, -0.25) is 0 Å². The fraction of sp³-hybridized carbons (Fsp3) is 0.250. The molecular weight excluding hydrogens is 326 g/mol. The molecule has 0 bridgehead atoms. The molecule has 2 heterocycles. The Hall–Kier alpha value is -3.20. The number of ether oxygens (including phenoxy) is 2. The predicted molar refractivity (Wildman–Crippen MR) is 89.6 cm³/mol. The van der Waals surface area contributed by atoms with Crippen LogP contribution in [0.1, 0.15) is 15.9 Å². The molecular formula is C16H17N5O4. The summed E-state index contributed by atoms with van der Waals surface area (Å²) in [7, 11) is 1.57. The molecule has 9 nitrogen and oxygen atoms in total. The van der Waals surface area contributed by atoms with E-state index in [0.717, 1.165) is 5.56 Å². The van der Waals surface area contributed by atoms with Crippen LogP contribution in [0.3, 0.4) is 0 Å². The van der Waals surface area contributed by atoms with Gasteiger partial charge in [-0.1, -0.05) is 12.1 Å². The number of anilines is 1. The van der Waals surface area contributed by atoms with Gasteiger partial charge in [0.2, 0.25) is 0 Å². The molecule has 0 saturated carbocycles. The first-order valence-corrected chi connectivity index (χ1v) is 7.51. The number of benzene rings is 1. The third-order valence-corrected chi connectivity index (χ3v) is 3.52. The number of carbonyl (C=O) groups is 1. The highest BCUT2D eigenvalue weighted by Gasteiger charge is 2.13. The number of methoxy groups -OCH3 is 1. The number of carboxylic acids is 1. The largest absolute Gasteiger partial charge is 0.478 e. The van der Waals surface area contributed by atoms with Crippen molar-refractivity contribution in [2.24, 2.45) is 0 Å². The molecule has 0 unspecified atom stereocenters. The van der Waals surface area contributed by atoms with Gasteiger partial charge in [0.25, 0.3) is 0 Å². The second-order valence-corrected chi connectivity index (χ2v) is 5.28. The summed E-state index contributed by atoms with van der Waals surface area (Å²) in [5.41, 5.74) is 7.92. The van der Waals surface area contributed by atoms with Crippen LogP contribution in [0.4, 0.5) is 5.82 Å². The third kappa shape index (κ3) is 3.66. The highest BCUT2D eigenvalue weighted by molar-refractivity contribution is 5.87. The van der Waals surface area contributed by atoms with Crippen molar-refractivity contribution in [3.63, 3.8) is 0 Å².